The van der Waals surface area contributed by atoms with Gasteiger partial charge in [0, 0.05) is 12.2 Å². The molecular weight excluding hydrogens is 190 g/mol. The van der Waals surface area contributed by atoms with Crippen LogP contribution in [-0.2, 0) is 19.4 Å². The van der Waals surface area contributed by atoms with Crippen molar-refractivity contribution in [3.05, 3.63) is 27.4 Å². The van der Waals surface area contributed by atoms with Crippen LogP contribution in [-0.4, -0.2) is 9.97 Å². The second-order valence-electron chi connectivity index (χ2n) is 4.99. The minimum atomic E-state index is -0.270. The quantitative estimate of drug-likeness (QED) is 0.713. The lowest BCUT2D eigenvalue weighted by Crippen LogP contribution is -2.29. The largest absolute Gasteiger partial charge is 0.345 e. The lowest BCUT2D eigenvalue weighted by atomic mass is 9.75. The topological polar surface area (TPSA) is 71.8 Å². The average molecular weight is 207 g/mol. The van der Waals surface area contributed by atoms with Crippen molar-refractivity contribution in [2.45, 2.75) is 39.7 Å². The first-order valence-electron chi connectivity index (χ1n) is 5.33. The van der Waals surface area contributed by atoms with Crippen molar-refractivity contribution in [1.82, 2.24) is 9.97 Å². The Morgan fingerprint density at radius 2 is 2.27 bits per heavy atom. The highest BCUT2D eigenvalue weighted by molar-refractivity contribution is 5.28. The highest BCUT2D eigenvalue weighted by atomic mass is 16.1. The number of nitrogens with zero attached hydrogens (tertiary/aromatic N) is 1. The Kier molecular flexibility index (Phi) is 2.38. The minimum Gasteiger partial charge on any atom is -0.325 e. The van der Waals surface area contributed by atoms with Gasteiger partial charge in [-0.05, 0) is 30.2 Å². The summed E-state index contributed by atoms with van der Waals surface area (Å²) in [7, 11) is 0. The summed E-state index contributed by atoms with van der Waals surface area (Å²) in [5.41, 5.74) is 8.60. The summed E-state index contributed by atoms with van der Waals surface area (Å²) >= 11 is 0. The number of rotatable bonds is 1. The zero-order valence-corrected chi connectivity index (χ0v) is 9.26. The molecule has 0 amide bonds. The number of H-pyrrole nitrogens is 1. The zero-order valence-electron chi connectivity index (χ0n) is 9.26. The van der Waals surface area contributed by atoms with Crippen molar-refractivity contribution in [3.63, 3.8) is 0 Å². The van der Waals surface area contributed by atoms with E-state index in [-0.39, 0.29) is 11.1 Å². The molecule has 4 heteroatoms. The third-order valence-electron chi connectivity index (χ3n) is 3.11. The minimum absolute atomic E-state index is 0.270. The summed E-state index contributed by atoms with van der Waals surface area (Å²) in [5.74, 6) is 0. The Morgan fingerprint density at radius 1 is 1.53 bits per heavy atom. The van der Waals surface area contributed by atoms with E-state index in [2.05, 4.69) is 23.8 Å². The van der Waals surface area contributed by atoms with E-state index in [1.807, 2.05) is 0 Å². The summed E-state index contributed by atoms with van der Waals surface area (Å²) < 4.78 is 0. The highest BCUT2D eigenvalue weighted by Crippen LogP contribution is 2.34. The predicted molar refractivity (Wildman–Crippen MR) is 58.6 cm³/mol. The SMILES string of the molecule is CC1(C)CCc2[nH]c(=O)nc(CN)c2C1. The van der Waals surface area contributed by atoms with Crippen LogP contribution in [0, 0.1) is 5.41 Å². The smallest absolute Gasteiger partial charge is 0.325 e. The molecule has 1 aliphatic rings. The van der Waals surface area contributed by atoms with Crippen LogP contribution >= 0.6 is 0 Å². The van der Waals surface area contributed by atoms with Crippen molar-refractivity contribution >= 4 is 0 Å². The Labute approximate surface area is 88.9 Å². The molecule has 0 unspecified atom stereocenters. The molecule has 1 aromatic heterocycles. The maximum Gasteiger partial charge on any atom is 0.345 e. The molecule has 1 aromatic rings. The van der Waals surface area contributed by atoms with Gasteiger partial charge in [-0.3, -0.25) is 0 Å². The standard InChI is InChI=1S/C11H17N3O/c1-11(2)4-3-8-7(5-11)9(6-12)14-10(15)13-8/h3-6,12H2,1-2H3,(H,13,14,15). The van der Waals surface area contributed by atoms with Crippen LogP contribution in [0.2, 0.25) is 0 Å². The third-order valence-corrected chi connectivity index (χ3v) is 3.11. The first-order chi connectivity index (χ1) is 7.02. The zero-order chi connectivity index (χ0) is 11.1. The molecule has 1 aliphatic carbocycles. The second-order valence-corrected chi connectivity index (χ2v) is 4.99. The molecular formula is C11H17N3O. The summed E-state index contributed by atoms with van der Waals surface area (Å²) in [6.07, 6.45) is 2.98. The maximum absolute atomic E-state index is 11.3. The van der Waals surface area contributed by atoms with Crippen LogP contribution in [0.1, 0.15) is 37.2 Å². The van der Waals surface area contributed by atoms with Crippen LogP contribution in [0.4, 0.5) is 0 Å². The van der Waals surface area contributed by atoms with Crippen LogP contribution in [0.25, 0.3) is 0 Å². The van der Waals surface area contributed by atoms with Crippen molar-refractivity contribution in [1.29, 1.82) is 0 Å². The Balaban J connectivity index is 2.53. The van der Waals surface area contributed by atoms with E-state index in [1.165, 1.54) is 0 Å². The van der Waals surface area contributed by atoms with Crippen LogP contribution in [0.3, 0.4) is 0 Å². The van der Waals surface area contributed by atoms with Gasteiger partial charge in [0.15, 0.2) is 0 Å². The molecule has 0 radical (unpaired) electrons. The van der Waals surface area contributed by atoms with Gasteiger partial charge in [0.25, 0.3) is 0 Å². The molecule has 3 N–H and O–H groups in total. The van der Waals surface area contributed by atoms with E-state index in [0.717, 1.165) is 36.2 Å². The van der Waals surface area contributed by atoms with Crippen LogP contribution < -0.4 is 11.4 Å². The number of nitrogens with two attached hydrogens (primary N) is 1. The Hall–Kier alpha value is -1.16. The Bertz CT molecular complexity index is 414. The fourth-order valence-corrected chi connectivity index (χ4v) is 2.22. The molecule has 0 saturated heterocycles. The molecule has 0 spiro atoms. The van der Waals surface area contributed by atoms with Gasteiger partial charge in [0.2, 0.25) is 0 Å². The van der Waals surface area contributed by atoms with Gasteiger partial charge >= 0.3 is 5.69 Å². The molecule has 0 aliphatic heterocycles. The number of nitrogens with one attached hydrogen (secondary N) is 1. The number of aromatic amines is 1. The van der Waals surface area contributed by atoms with E-state index >= 15 is 0 Å². The first-order valence-corrected chi connectivity index (χ1v) is 5.33. The summed E-state index contributed by atoms with van der Waals surface area (Å²) in [6.45, 7) is 4.82. The van der Waals surface area contributed by atoms with Crippen molar-refractivity contribution < 1.29 is 0 Å². The number of aryl methyl sites for hydroxylation is 1. The van der Waals surface area contributed by atoms with Gasteiger partial charge in [0.1, 0.15) is 0 Å². The van der Waals surface area contributed by atoms with Gasteiger partial charge in [0.05, 0.1) is 5.69 Å². The molecule has 4 nitrogen and oxygen atoms in total. The lowest BCUT2D eigenvalue weighted by molar-refractivity contribution is 0.309. The number of hydrogen-bond acceptors (Lipinski definition) is 3. The molecule has 0 aromatic carbocycles. The number of aromatic nitrogens is 2. The van der Waals surface area contributed by atoms with E-state index in [1.54, 1.807) is 0 Å². The first kappa shape index (κ1) is 10.4. The summed E-state index contributed by atoms with van der Waals surface area (Å²) in [6, 6.07) is 0. The van der Waals surface area contributed by atoms with Gasteiger partial charge in [-0.25, -0.2) is 4.79 Å². The summed E-state index contributed by atoms with van der Waals surface area (Å²) in [5, 5.41) is 0. The van der Waals surface area contributed by atoms with E-state index < -0.39 is 0 Å². The molecule has 82 valence electrons. The molecule has 2 rings (SSSR count). The molecule has 0 atom stereocenters. The second kappa shape index (κ2) is 3.45. The third kappa shape index (κ3) is 1.95. The summed E-state index contributed by atoms with van der Waals surface area (Å²) in [4.78, 5) is 18.0. The molecule has 0 bridgehead atoms. The van der Waals surface area contributed by atoms with Gasteiger partial charge in [-0.1, -0.05) is 13.8 Å². The van der Waals surface area contributed by atoms with Gasteiger partial charge in [-0.15, -0.1) is 0 Å². The van der Waals surface area contributed by atoms with Crippen molar-refractivity contribution in [3.8, 4) is 0 Å². The van der Waals surface area contributed by atoms with Crippen molar-refractivity contribution in [2.24, 2.45) is 11.1 Å². The number of fused-ring (bicyclic) bond motifs is 1. The van der Waals surface area contributed by atoms with Crippen molar-refractivity contribution in [2.75, 3.05) is 0 Å². The highest BCUT2D eigenvalue weighted by Gasteiger charge is 2.27. The van der Waals surface area contributed by atoms with Gasteiger partial charge < -0.3 is 10.7 Å². The monoisotopic (exact) mass is 207 g/mol. The molecule has 1 heterocycles. The number of hydrogen-bond donors (Lipinski definition) is 2. The molecule has 0 saturated carbocycles. The molecule has 15 heavy (non-hydrogen) atoms. The van der Waals surface area contributed by atoms with E-state index in [4.69, 9.17) is 5.73 Å². The van der Waals surface area contributed by atoms with E-state index in [0.29, 0.717) is 6.54 Å². The molecule has 0 fully saturated rings. The van der Waals surface area contributed by atoms with E-state index in [9.17, 15) is 4.79 Å². The normalized spacial score (nSPS) is 18.6. The predicted octanol–water partition coefficient (Wildman–Crippen LogP) is 0.744. The average Bonchev–Trinajstić information content (AvgIpc) is 2.17. The Morgan fingerprint density at radius 3 is 2.93 bits per heavy atom. The fraction of sp³-hybridized carbons (Fsp3) is 0.636. The fourth-order valence-electron chi connectivity index (χ4n) is 2.22. The van der Waals surface area contributed by atoms with Crippen LogP contribution in [0.15, 0.2) is 4.79 Å². The van der Waals surface area contributed by atoms with Gasteiger partial charge in [-0.2, -0.15) is 4.98 Å². The lowest BCUT2D eigenvalue weighted by Gasteiger charge is -2.31. The maximum atomic E-state index is 11.3. The van der Waals surface area contributed by atoms with Crippen LogP contribution in [0.5, 0.6) is 0 Å².